The lowest BCUT2D eigenvalue weighted by atomic mass is 9.76. The van der Waals surface area contributed by atoms with Gasteiger partial charge in [0.25, 0.3) is 0 Å². The molecular weight excluding hydrogens is 270 g/mol. The Morgan fingerprint density at radius 3 is 2.52 bits per heavy atom. The Bertz CT molecular complexity index is 524. The van der Waals surface area contributed by atoms with Crippen LogP contribution in [0.4, 0.5) is 4.79 Å². The van der Waals surface area contributed by atoms with Gasteiger partial charge in [-0.2, -0.15) is 0 Å². The zero-order valence-corrected chi connectivity index (χ0v) is 11.7. The maximum absolute atomic E-state index is 11.7. The molecule has 1 aromatic rings. The van der Waals surface area contributed by atoms with E-state index in [0.717, 1.165) is 24.8 Å². The summed E-state index contributed by atoms with van der Waals surface area (Å²) >= 11 is 0. The molecule has 1 aromatic carbocycles. The SMILES string of the molecule is O=C(NC1CC(C2CC2C(=O)O)C1)OCc1ccccc1. The number of benzene rings is 1. The van der Waals surface area contributed by atoms with E-state index in [2.05, 4.69) is 5.32 Å². The molecule has 2 saturated carbocycles. The van der Waals surface area contributed by atoms with Gasteiger partial charge in [-0.1, -0.05) is 30.3 Å². The molecule has 0 spiro atoms. The van der Waals surface area contributed by atoms with Gasteiger partial charge in [-0.15, -0.1) is 0 Å². The number of ether oxygens (including phenoxy) is 1. The number of aliphatic carboxylic acids is 1. The lowest BCUT2D eigenvalue weighted by molar-refractivity contribution is -0.139. The summed E-state index contributed by atoms with van der Waals surface area (Å²) in [6, 6.07) is 9.68. The van der Waals surface area contributed by atoms with E-state index >= 15 is 0 Å². The van der Waals surface area contributed by atoms with Crippen LogP contribution in [0.3, 0.4) is 0 Å². The van der Waals surface area contributed by atoms with E-state index in [1.807, 2.05) is 30.3 Å². The standard InChI is InChI=1S/C16H19NO4/c18-15(19)14-8-13(14)11-6-12(7-11)17-16(20)21-9-10-4-2-1-3-5-10/h1-5,11-14H,6-9H2,(H,17,20)(H,18,19). The predicted molar refractivity (Wildman–Crippen MR) is 75.5 cm³/mol. The van der Waals surface area contributed by atoms with Gasteiger partial charge in [-0.3, -0.25) is 4.79 Å². The van der Waals surface area contributed by atoms with Crippen LogP contribution in [-0.4, -0.2) is 23.2 Å². The van der Waals surface area contributed by atoms with Gasteiger partial charge in [0.2, 0.25) is 0 Å². The molecule has 0 saturated heterocycles. The molecule has 0 aromatic heterocycles. The molecule has 2 unspecified atom stereocenters. The highest BCUT2D eigenvalue weighted by Crippen LogP contribution is 2.51. The van der Waals surface area contributed by atoms with Gasteiger partial charge in [0, 0.05) is 6.04 Å². The van der Waals surface area contributed by atoms with E-state index in [-0.39, 0.29) is 18.6 Å². The topological polar surface area (TPSA) is 75.6 Å². The number of nitrogens with one attached hydrogen (secondary N) is 1. The fourth-order valence-corrected chi connectivity index (χ4v) is 3.08. The van der Waals surface area contributed by atoms with Crippen LogP contribution in [0.1, 0.15) is 24.8 Å². The number of hydrogen-bond donors (Lipinski definition) is 2. The molecule has 5 nitrogen and oxygen atoms in total. The average Bonchev–Trinajstić information content (AvgIpc) is 3.21. The Morgan fingerprint density at radius 2 is 1.90 bits per heavy atom. The van der Waals surface area contributed by atoms with Crippen molar-refractivity contribution in [2.45, 2.75) is 31.9 Å². The molecule has 2 N–H and O–H groups in total. The van der Waals surface area contributed by atoms with E-state index in [1.54, 1.807) is 0 Å². The summed E-state index contributed by atoms with van der Waals surface area (Å²) in [6.07, 6.45) is 2.14. The van der Waals surface area contributed by atoms with E-state index in [9.17, 15) is 9.59 Å². The number of carbonyl (C=O) groups is 2. The van der Waals surface area contributed by atoms with E-state index in [1.165, 1.54) is 0 Å². The Morgan fingerprint density at radius 1 is 1.19 bits per heavy atom. The average molecular weight is 289 g/mol. The largest absolute Gasteiger partial charge is 0.481 e. The minimum atomic E-state index is -0.682. The second-order valence-electron chi connectivity index (χ2n) is 5.98. The third-order valence-corrected chi connectivity index (χ3v) is 4.47. The molecule has 0 radical (unpaired) electrons. The van der Waals surface area contributed by atoms with Crippen LogP contribution in [0, 0.1) is 17.8 Å². The van der Waals surface area contributed by atoms with Crippen LogP contribution in [-0.2, 0) is 16.1 Å². The summed E-state index contributed by atoms with van der Waals surface area (Å²) in [6.45, 7) is 0.270. The van der Waals surface area contributed by atoms with Gasteiger partial charge >= 0.3 is 12.1 Å². The van der Waals surface area contributed by atoms with Crippen LogP contribution in [0.25, 0.3) is 0 Å². The molecule has 2 atom stereocenters. The van der Waals surface area contributed by atoms with Crippen LogP contribution < -0.4 is 5.32 Å². The fraction of sp³-hybridized carbons (Fsp3) is 0.500. The molecule has 0 aliphatic heterocycles. The van der Waals surface area contributed by atoms with Crippen molar-refractivity contribution < 1.29 is 19.4 Å². The smallest absolute Gasteiger partial charge is 0.407 e. The highest BCUT2D eigenvalue weighted by molar-refractivity contribution is 5.73. The molecule has 2 aliphatic carbocycles. The quantitative estimate of drug-likeness (QED) is 0.872. The summed E-state index contributed by atoms with van der Waals surface area (Å²) < 4.78 is 5.16. The third-order valence-electron chi connectivity index (χ3n) is 4.47. The van der Waals surface area contributed by atoms with Crippen molar-refractivity contribution in [2.24, 2.45) is 17.8 Å². The van der Waals surface area contributed by atoms with Gasteiger partial charge < -0.3 is 15.2 Å². The first-order chi connectivity index (χ1) is 10.1. The number of carboxylic acids is 1. The summed E-state index contributed by atoms with van der Waals surface area (Å²) in [4.78, 5) is 22.5. The minimum Gasteiger partial charge on any atom is -0.481 e. The van der Waals surface area contributed by atoms with Gasteiger partial charge in [-0.25, -0.2) is 4.79 Å². The van der Waals surface area contributed by atoms with Crippen LogP contribution in [0.5, 0.6) is 0 Å². The second-order valence-corrected chi connectivity index (χ2v) is 5.98. The second kappa shape index (κ2) is 5.76. The zero-order chi connectivity index (χ0) is 14.8. The van der Waals surface area contributed by atoms with Gasteiger partial charge in [0.05, 0.1) is 5.92 Å². The normalized spacial score (nSPS) is 30.1. The highest BCUT2D eigenvalue weighted by Gasteiger charge is 2.51. The monoisotopic (exact) mass is 289 g/mol. The maximum atomic E-state index is 11.7. The number of carbonyl (C=O) groups excluding carboxylic acids is 1. The molecular formula is C16H19NO4. The lowest BCUT2D eigenvalue weighted by Crippen LogP contribution is -2.45. The first-order valence-corrected chi connectivity index (χ1v) is 7.33. The molecule has 21 heavy (non-hydrogen) atoms. The van der Waals surface area contributed by atoms with Crippen molar-refractivity contribution in [3.63, 3.8) is 0 Å². The summed E-state index contributed by atoms with van der Waals surface area (Å²) in [7, 11) is 0. The fourth-order valence-electron chi connectivity index (χ4n) is 3.08. The molecule has 112 valence electrons. The summed E-state index contributed by atoms with van der Waals surface area (Å²) in [5.41, 5.74) is 0.960. The molecule has 2 aliphatic rings. The van der Waals surface area contributed by atoms with Crippen LogP contribution in [0.15, 0.2) is 30.3 Å². The number of alkyl carbamates (subject to hydrolysis) is 1. The van der Waals surface area contributed by atoms with Gasteiger partial charge in [-0.05, 0) is 36.7 Å². The predicted octanol–water partition coefficient (Wildman–Crippen LogP) is 2.41. The molecule has 0 heterocycles. The van der Waals surface area contributed by atoms with Crippen molar-refractivity contribution in [1.29, 1.82) is 0 Å². The Balaban J connectivity index is 1.33. The van der Waals surface area contributed by atoms with Crippen molar-refractivity contribution in [3.8, 4) is 0 Å². The minimum absolute atomic E-state index is 0.133. The highest BCUT2D eigenvalue weighted by atomic mass is 16.5. The van der Waals surface area contributed by atoms with Crippen molar-refractivity contribution in [2.75, 3.05) is 0 Å². The van der Waals surface area contributed by atoms with E-state index in [4.69, 9.17) is 9.84 Å². The van der Waals surface area contributed by atoms with Gasteiger partial charge in [0.1, 0.15) is 6.61 Å². The molecule has 5 heteroatoms. The number of carboxylic acid groups (broad SMARTS) is 1. The van der Waals surface area contributed by atoms with Crippen molar-refractivity contribution in [1.82, 2.24) is 5.32 Å². The Kier molecular flexibility index (Phi) is 3.82. The first kappa shape index (κ1) is 13.9. The molecule has 2 fully saturated rings. The molecule has 1 amide bonds. The van der Waals surface area contributed by atoms with Crippen molar-refractivity contribution >= 4 is 12.1 Å². The van der Waals surface area contributed by atoms with E-state index < -0.39 is 12.1 Å². The number of amides is 1. The van der Waals surface area contributed by atoms with Crippen LogP contribution in [0.2, 0.25) is 0 Å². The zero-order valence-electron chi connectivity index (χ0n) is 11.7. The Labute approximate surface area is 123 Å². The maximum Gasteiger partial charge on any atom is 0.407 e. The Hall–Kier alpha value is -2.04. The number of rotatable bonds is 5. The third kappa shape index (κ3) is 3.35. The number of hydrogen-bond acceptors (Lipinski definition) is 3. The van der Waals surface area contributed by atoms with E-state index in [0.29, 0.717) is 11.8 Å². The summed E-state index contributed by atoms with van der Waals surface area (Å²) in [5.74, 6) is -0.0638. The van der Waals surface area contributed by atoms with Gasteiger partial charge in [0.15, 0.2) is 0 Å². The van der Waals surface area contributed by atoms with Crippen LogP contribution >= 0.6 is 0 Å². The summed E-state index contributed by atoms with van der Waals surface area (Å²) in [5, 5.41) is 11.7. The molecule has 3 rings (SSSR count). The first-order valence-electron chi connectivity index (χ1n) is 7.33. The molecule has 0 bridgehead atoms. The van der Waals surface area contributed by atoms with Crippen molar-refractivity contribution in [3.05, 3.63) is 35.9 Å². The lowest BCUT2D eigenvalue weighted by Gasteiger charge is -2.35.